The third-order valence-electron chi connectivity index (χ3n) is 4.12. The van der Waals surface area contributed by atoms with Crippen molar-refractivity contribution >= 4 is 0 Å². The van der Waals surface area contributed by atoms with E-state index in [1.807, 2.05) is 7.05 Å². The summed E-state index contributed by atoms with van der Waals surface area (Å²) in [5.74, 6) is 0. The van der Waals surface area contributed by atoms with Crippen LogP contribution in [0.15, 0.2) is 0 Å². The zero-order chi connectivity index (χ0) is 12.9. The van der Waals surface area contributed by atoms with Crippen LogP contribution in [0, 0.1) is 5.41 Å². The molecule has 1 rings (SSSR count). The molecular formula is C13H29N3O. The average molecular weight is 243 g/mol. The van der Waals surface area contributed by atoms with Crippen molar-refractivity contribution in [3.63, 3.8) is 0 Å². The van der Waals surface area contributed by atoms with E-state index in [9.17, 15) is 0 Å². The highest BCUT2D eigenvalue weighted by molar-refractivity contribution is 4.85. The average Bonchev–Trinajstić information content (AvgIpc) is 2.30. The molecule has 0 aliphatic carbocycles. The summed E-state index contributed by atoms with van der Waals surface area (Å²) >= 11 is 0. The lowest BCUT2D eigenvalue weighted by atomic mass is 9.84. The van der Waals surface area contributed by atoms with Gasteiger partial charge in [-0.25, -0.2) is 0 Å². The normalized spacial score (nSPS) is 21.7. The maximum Gasteiger partial charge on any atom is 0.0558 e. The monoisotopic (exact) mass is 243 g/mol. The van der Waals surface area contributed by atoms with Gasteiger partial charge in [-0.1, -0.05) is 13.8 Å². The Kier molecular flexibility index (Phi) is 5.86. The fourth-order valence-corrected chi connectivity index (χ4v) is 2.42. The molecule has 1 saturated heterocycles. The van der Waals surface area contributed by atoms with Crippen LogP contribution in [0.5, 0.6) is 0 Å². The predicted molar refractivity (Wildman–Crippen MR) is 72.3 cm³/mol. The zero-order valence-electron chi connectivity index (χ0n) is 11.9. The number of β-amino-alcohol motifs (C(OH)–C–C–N with tert-alkyl or cyclic N) is 1. The molecule has 0 aromatic carbocycles. The molecule has 1 unspecified atom stereocenters. The number of rotatable bonds is 6. The summed E-state index contributed by atoms with van der Waals surface area (Å²) in [6.45, 7) is 13.6. The van der Waals surface area contributed by atoms with Crippen molar-refractivity contribution in [1.82, 2.24) is 15.1 Å². The second-order valence-electron chi connectivity index (χ2n) is 5.84. The van der Waals surface area contributed by atoms with Gasteiger partial charge in [0.05, 0.1) is 6.61 Å². The van der Waals surface area contributed by atoms with Crippen LogP contribution in [0.25, 0.3) is 0 Å². The molecule has 0 bridgehead atoms. The van der Waals surface area contributed by atoms with Crippen molar-refractivity contribution < 1.29 is 5.11 Å². The molecule has 0 saturated carbocycles. The van der Waals surface area contributed by atoms with E-state index in [1.165, 1.54) is 0 Å². The summed E-state index contributed by atoms with van der Waals surface area (Å²) in [6.07, 6.45) is 0. The Morgan fingerprint density at radius 1 is 1.18 bits per heavy atom. The van der Waals surface area contributed by atoms with Crippen LogP contribution in [0.1, 0.15) is 20.8 Å². The smallest absolute Gasteiger partial charge is 0.0558 e. The van der Waals surface area contributed by atoms with Gasteiger partial charge < -0.3 is 15.3 Å². The second kappa shape index (κ2) is 6.69. The first kappa shape index (κ1) is 14.9. The van der Waals surface area contributed by atoms with Crippen molar-refractivity contribution in [3.8, 4) is 0 Å². The molecule has 0 aromatic rings. The molecule has 1 heterocycles. The Morgan fingerprint density at radius 3 is 2.18 bits per heavy atom. The SMILES string of the molecule is CNC(C)C(C)(C)CN1CCN(CCO)CC1. The van der Waals surface area contributed by atoms with Crippen LogP contribution in [0.4, 0.5) is 0 Å². The Morgan fingerprint density at radius 2 is 1.71 bits per heavy atom. The van der Waals surface area contributed by atoms with Gasteiger partial charge in [-0.15, -0.1) is 0 Å². The number of aliphatic hydroxyl groups excluding tert-OH is 1. The maximum absolute atomic E-state index is 8.91. The van der Waals surface area contributed by atoms with Gasteiger partial charge in [-0.05, 0) is 19.4 Å². The van der Waals surface area contributed by atoms with Crippen LogP contribution in [-0.4, -0.2) is 73.9 Å². The number of nitrogens with zero attached hydrogens (tertiary/aromatic N) is 2. The minimum atomic E-state index is 0.280. The third-order valence-corrected chi connectivity index (χ3v) is 4.12. The molecule has 1 aliphatic heterocycles. The predicted octanol–water partition coefficient (Wildman–Crippen LogP) is 0.230. The van der Waals surface area contributed by atoms with Crippen molar-refractivity contribution in [3.05, 3.63) is 0 Å². The van der Waals surface area contributed by atoms with E-state index in [4.69, 9.17) is 5.11 Å². The molecule has 4 heteroatoms. The van der Waals surface area contributed by atoms with Crippen LogP contribution >= 0.6 is 0 Å². The number of aliphatic hydroxyl groups is 1. The Labute approximate surface area is 106 Å². The summed E-state index contributed by atoms with van der Waals surface area (Å²) in [5.41, 5.74) is 0.300. The first-order valence-corrected chi connectivity index (χ1v) is 6.72. The molecule has 17 heavy (non-hydrogen) atoms. The van der Waals surface area contributed by atoms with Crippen LogP contribution in [0.3, 0.4) is 0 Å². The first-order valence-electron chi connectivity index (χ1n) is 6.72. The largest absolute Gasteiger partial charge is 0.395 e. The second-order valence-corrected chi connectivity index (χ2v) is 5.84. The van der Waals surface area contributed by atoms with Gasteiger partial charge in [-0.3, -0.25) is 4.90 Å². The molecular weight excluding hydrogens is 214 g/mol. The fourth-order valence-electron chi connectivity index (χ4n) is 2.42. The lowest BCUT2D eigenvalue weighted by Gasteiger charge is -2.41. The highest BCUT2D eigenvalue weighted by atomic mass is 16.3. The summed E-state index contributed by atoms with van der Waals surface area (Å²) in [4.78, 5) is 4.88. The molecule has 1 aliphatic rings. The zero-order valence-corrected chi connectivity index (χ0v) is 11.9. The molecule has 4 nitrogen and oxygen atoms in total. The quantitative estimate of drug-likeness (QED) is 0.700. The van der Waals surface area contributed by atoms with Gasteiger partial charge in [0.1, 0.15) is 0 Å². The van der Waals surface area contributed by atoms with Crippen molar-refractivity contribution in [2.24, 2.45) is 5.41 Å². The fraction of sp³-hybridized carbons (Fsp3) is 1.00. The third kappa shape index (κ3) is 4.54. The molecule has 1 atom stereocenters. The number of nitrogens with one attached hydrogen (secondary N) is 1. The van der Waals surface area contributed by atoms with Crippen molar-refractivity contribution in [2.75, 3.05) is 52.9 Å². The summed E-state index contributed by atoms with van der Waals surface area (Å²) in [5, 5.41) is 12.3. The highest BCUT2D eigenvalue weighted by Gasteiger charge is 2.28. The Bertz CT molecular complexity index is 213. The van der Waals surface area contributed by atoms with Crippen molar-refractivity contribution in [1.29, 1.82) is 0 Å². The van der Waals surface area contributed by atoms with E-state index in [-0.39, 0.29) is 6.61 Å². The van der Waals surface area contributed by atoms with E-state index in [0.717, 1.165) is 39.3 Å². The van der Waals surface area contributed by atoms with Gasteiger partial charge >= 0.3 is 0 Å². The van der Waals surface area contributed by atoms with Crippen LogP contribution in [0.2, 0.25) is 0 Å². The minimum absolute atomic E-state index is 0.280. The Hall–Kier alpha value is -0.160. The molecule has 1 fully saturated rings. The number of piperazine rings is 1. The standard InChI is InChI=1S/C13H29N3O/c1-12(14-4)13(2,3)11-16-7-5-15(6-8-16)9-10-17/h12,14,17H,5-11H2,1-4H3. The van der Waals surface area contributed by atoms with Gasteiger partial charge in [0, 0.05) is 45.3 Å². The van der Waals surface area contributed by atoms with Gasteiger partial charge in [0.2, 0.25) is 0 Å². The highest BCUT2D eigenvalue weighted by Crippen LogP contribution is 2.22. The number of hydrogen-bond acceptors (Lipinski definition) is 4. The van der Waals surface area contributed by atoms with E-state index in [2.05, 4.69) is 35.9 Å². The topological polar surface area (TPSA) is 38.7 Å². The number of hydrogen-bond donors (Lipinski definition) is 2. The van der Waals surface area contributed by atoms with Crippen molar-refractivity contribution in [2.45, 2.75) is 26.8 Å². The van der Waals surface area contributed by atoms with E-state index in [0.29, 0.717) is 11.5 Å². The summed E-state index contributed by atoms with van der Waals surface area (Å²) in [6, 6.07) is 0.526. The summed E-state index contributed by atoms with van der Waals surface area (Å²) < 4.78 is 0. The van der Waals surface area contributed by atoms with Gasteiger partial charge in [0.15, 0.2) is 0 Å². The molecule has 2 N–H and O–H groups in total. The molecule has 102 valence electrons. The van der Waals surface area contributed by atoms with E-state index < -0.39 is 0 Å². The van der Waals surface area contributed by atoms with Gasteiger partial charge in [0.25, 0.3) is 0 Å². The Balaban J connectivity index is 2.34. The molecule has 0 aromatic heterocycles. The molecule has 0 amide bonds. The van der Waals surface area contributed by atoms with E-state index in [1.54, 1.807) is 0 Å². The lowest BCUT2D eigenvalue weighted by molar-refractivity contribution is 0.0755. The van der Waals surface area contributed by atoms with Gasteiger partial charge in [-0.2, -0.15) is 0 Å². The van der Waals surface area contributed by atoms with Crippen LogP contribution in [-0.2, 0) is 0 Å². The lowest BCUT2D eigenvalue weighted by Crippen LogP contribution is -2.52. The van der Waals surface area contributed by atoms with Crippen LogP contribution < -0.4 is 5.32 Å². The maximum atomic E-state index is 8.91. The molecule has 0 spiro atoms. The first-order chi connectivity index (χ1) is 7.99. The summed E-state index contributed by atoms with van der Waals surface area (Å²) in [7, 11) is 2.03. The minimum Gasteiger partial charge on any atom is -0.395 e. The molecule has 0 radical (unpaired) electrons. The van der Waals surface area contributed by atoms with E-state index >= 15 is 0 Å².